The lowest BCUT2D eigenvalue weighted by molar-refractivity contribution is -0.115. The molecule has 0 bridgehead atoms. The van der Waals surface area contributed by atoms with E-state index in [-0.39, 0.29) is 12.5 Å². The fourth-order valence-corrected chi connectivity index (χ4v) is 1.61. The highest BCUT2D eigenvalue weighted by molar-refractivity contribution is 6.30. The van der Waals surface area contributed by atoms with Gasteiger partial charge in [-0.1, -0.05) is 11.6 Å². The van der Waals surface area contributed by atoms with Crippen molar-refractivity contribution in [1.82, 2.24) is 5.32 Å². The monoisotopic (exact) mass is 300 g/mol. The summed E-state index contributed by atoms with van der Waals surface area (Å²) >= 11 is 5.77. The molecule has 1 aromatic carbocycles. The minimum Gasteiger partial charge on any atom is -0.382 e. The fraction of sp³-hybridized carbons (Fsp3) is 0.500. The summed E-state index contributed by atoms with van der Waals surface area (Å²) in [6.07, 6.45) is 0.859. The van der Waals surface area contributed by atoms with Gasteiger partial charge in [0.2, 0.25) is 5.91 Å². The van der Waals surface area contributed by atoms with Gasteiger partial charge in [-0.25, -0.2) is 0 Å². The van der Waals surface area contributed by atoms with Gasteiger partial charge >= 0.3 is 0 Å². The number of carbonyl (C=O) groups excluding carboxylic acids is 1. The lowest BCUT2D eigenvalue weighted by atomic mass is 10.3. The third-order valence-electron chi connectivity index (χ3n) is 2.49. The van der Waals surface area contributed by atoms with E-state index in [9.17, 15) is 4.79 Å². The maximum atomic E-state index is 11.6. The van der Waals surface area contributed by atoms with Crippen LogP contribution in [0.4, 0.5) is 5.69 Å². The van der Waals surface area contributed by atoms with Crippen LogP contribution >= 0.6 is 11.6 Å². The van der Waals surface area contributed by atoms with E-state index in [1.54, 1.807) is 31.4 Å². The Hall–Kier alpha value is -1.14. The molecule has 2 N–H and O–H groups in total. The zero-order chi connectivity index (χ0) is 14.6. The summed E-state index contributed by atoms with van der Waals surface area (Å²) in [7, 11) is 1.64. The first-order chi connectivity index (χ1) is 9.72. The number of benzene rings is 1. The van der Waals surface area contributed by atoms with Crippen molar-refractivity contribution in [2.45, 2.75) is 6.42 Å². The van der Waals surface area contributed by atoms with Crippen LogP contribution in [0.3, 0.4) is 0 Å². The Morgan fingerprint density at radius 1 is 1.20 bits per heavy atom. The van der Waals surface area contributed by atoms with Crippen molar-refractivity contribution in [3.8, 4) is 0 Å². The number of ether oxygens (including phenoxy) is 2. The van der Waals surface area contributed by atoms with Crippen LogP contribution in [0.15, 0.2) is 24.3 Å². The van der Waals surface area contributed by atoms with Crippen molar-refractivity contribution in [2.24, 2.45) is 0 Å². The normalized spacial score (nSPS) is 10.5. The van der Waals surface area contributed by atoms with Gasteiger partial charge in [-0.15, -0.1) is 0 Å². The molecule has 0 aliphatic heterocycles. The summed E-state index contributed by atoms with van der Waals surface area (Å²) in [5.41, 5.74) is 0.740. The molecule has 112 valence electrons. The molecule has 0 aliphatic rings. The highest BCUT2D eigenvalue weighted by Gasteiger charge is 2.01. The molecule has 5 nitrogen and oxygen atoms in total. The van der Waals surface area contributed by atoms with E-state index in [4.69, 9.17) is 21.1 Å². The van der Waals surface area contributed by atoms with E-state index in [0.29, 0.717) is 24.8 Å². The van der Waals surface area contributed by atoms with E-state index < -0.39 is 0 Å². The van der Waals surface area contributed by atoms with Gasteiger partial charge in [0, 0.05) is 24.4 Å². The molecule has 0 unspecified atom stereocenters. The zero-order valence-corrected chi connectivity index (χ0v) is 12.4. The Bertz CT molecular complexity index is 385. The summed E-state index contributed by atoms with van der Waals surface area (Å²) in [6.45, 7) is 2.89. The van der Waals surface area contributed by atoms with Crippen molar-refractivity contribution < 1.29 is 14.3 Å². The third kappa shape index (κ3) is 8.12. The Morgan fingerprint density at radius 2 is 1.95 bits per heavy atom. The van der Waals surface area contributed by atoms with Crippen molar-refractivity contribution in [3.05, 3.63) is 29.3 Å². The lowest BCUT2D eigenvalue weighted by Gasteiger charge is -2.07. The van der Waals surface area contributed by atoms with E-state index in [1.165, 1.54) is 0 Å². The van der Waals surface area contributed by atoms with Gasteiger partial charge in [0.25, 0.3) is 0 Å². The largest absolute Gasteiger partial charge is 0.382 e. The first-order valence-corrected chi connectivity index (χ1v) is 6.93. The third-order valence-corrected chi connectivity index (χ3v) is 2.74. The Kier molecular flexibility index (Phi) is 8.98. The average Bonchev–Trinajstić information content (AvgIpc) is 2.44. The van der Waals surface area contributed by atoms with Gasteiger partial charge in [0.1, 0.15) is 0 Å². The van der Waals surface area contributed by atoms with Gasteiger partial charge < -0.3 is 20.1 Å². The molecule has 0 atom stereocenters. The first-order valence-electron chi connectivity index (χ1n) is 6.55. The highest BCUT2D eigenvalue weighted by Crippen LogP contribution is 2.12. The first kappa shape index (κ1) is 16.9. The van der Waals surface area contributed by atoms with Crippen LogP contribution in [0.1, 0.15) is 6.42 Å². The molecule has 0 fully saturated rings. The zero-order valence-electron chi connectivity index (χ0n) is 11.7. The van der Waals surface area contributed by atoms with Crippen LogP contribution < -0.4 is 10.6 Å². The number of amides is 1. The van der Waals surface area contributed by atoms with E-state index in [0.717, 1.165) is 18.7 Å². The maximum Gasteiger partial charge on any atom is 0.238 e. The SMILES string of the molecule is COCCOCCCNCC(=O)Nc1ccc(Cl)cc1. The quantitative estimate of drug-likeness (QED) is 0.648. The average molecular weight is 301 g/mol. The second kappa shape index (κ2) is 10.6. The number of halogens is 1. The molecule has 6 heteroatoms. The van der Waals surface area contributed by atoms with Crippen molar-refractivity contribution in [3.63, 3.8) is 0 Å². The van der Waals surface area contributed by atoms with E-state index in [1.807, 2.05) is 0 Å². The number of hydrogen-bond donors (Lipinski definition) is 2. The summed E-state index contributed by atoms with van der Waals surface area (Å²) in [5.74, 6) is -0.0763. The van der Waals surface area contributed by atoms with Crippen molar-refractivity contribution >= 4 is 23.2 Å². The van der Waals surface area contributed by atoms with Gasteiger partial charge in [-0.3, -0.25) is 4.79 Å². The summed E-state index contributed by atoms with van der Waals surface area (Å²) in [6, 6.07) is 7.01. The molecule has 0 radical (unpaired) electrons. The summed E-state index contributed by atoms with van der Waals surface area (Å²) in [5, 5.41) is 6.49. The number of nitrogens with one attached hydrogen (secondary N) is 2. The van der Waals surface area contributed by atoms with E-state index >= 15 is 0 Å². The molecule has 20 heavy (non-hydrogen) atoms. The van der Waals surface area contributed by atoms with E-state index in [2.05, 4.69) is 10.6 Å². The summed E-state index contributed by atoms with van der Waals surface area (Å²) < 4.78 is 10.2. The number of hydrogen-bond acceptors (Lipinski definition) is 4. The van der Waals surface area contributed by atoms with Crippen LogP contribution in [0.25, 0.3) is 0 Å². The molecule has 0 saturated heterocycles. The van der Waals surface area contributed by atoms with Crippen LogP contribution in [-0.4, -0.2) is 45.9 Å². The lowest BCUT2D eigenvalue weighted by Crippen LogP contribution is -2.29. The maximum absolute atomic E-state index is 11.6. The summed E-state index contributed by atoms with van der Waals surface area (Å²) in [4.78, 5) is 11.6. The second-order valence-corrected chi connectivity index (χ2v) is 4.63. The standard InChI is InChI=1S/C14H21ClN2O3/c1-19-9-10-20-8-2-7-16-11-14(18)17-13-5-3-12(15)4-6-13/h3-6,16H,2,7-11H2,1H3,(H,17,18). The van der Waals surface area contributed by atoms with Gasteiger partial charge in [-0.2, -0.15) is 0 Å². The van der Waals surface area contributed by atoms with Crippen molar-refractivity contribution in [2.75, 3.05) is 45.3 Å². The molecule has 1 rings (SSSR count). The number of carbonyl (C=O) groups is 1. The number of anilines is 1. The number of rotatable bonds is 10. The molecule has 1 aromatic rings. The molecular formula is C14H21ClN2O3. The Morgan fingerprint density at radius 3 is 2.65 bits per heavy atom. The molecule has 0 heterocycles. The molecule has 0 spiro atoms. The predicted octanol–water partition coefficient (Wildman–Crippen LogP) is 1.92. The molecule has 0 aromatic heterocycles. The molecule has 0 aliphatic carbocycles. The molecule has 1 amide bonds. The van der Waals surface area contributed by atoms with Crippen LogP contribution in [-0.2, 0) is 14.3 Å². The van der Waals surface area contributed by atoms with Crippen LogP contribution in [0.5, 0.6) is 0 Å². The Balaban J connectivity index is 2.01. The van der Waals surface area contributed by atoms with Crippen molar-refractivity contribution in [1.29, 1.82) is 0 Å². The van der Waals surface area contributed by atoms with Crippen LogP contribution in [0, 0.1) is 0 Å². The Labute approximate surface area is 124 Å². The fourth-order valence-electron chi connectivity index (χ4n) is 1.48. The van der Waals surface area contributed by atoms with Gasteiger partial charge in [-0.05, 0) is 37.2 Å². The highest BCUT2D eigenvalue weighted by atomic mass is 35.5. The number of methoxy groups -OCH3 is 1. The second-order valence-electron chi connectivity index (χ2n) is 4.19. The molecular weight excluding hydrogens is 280 g/mol. The van der Waals surface area contributed by atoms with Gasteiger partial charge in [0.05, 0.1) is 19.8 Å². The molecule has 0 saturated carbocycles. The van der Waals surface area contributed by atoms with Gasteiger partial charge in [0.15, 0.2) is 0 Å². The minimum absolute atomic E-state index is 0.0763. The minimum atomic E-state index is -0.0763. The van der Waals surface area contributed by atoms with Crippen LogP contribution in [0.2, 0.25) is 5.02 Å². The predicted molar refractivity (Wildman–Crippen MR) is 80.3 cm³/mol. The smallest absolute Gasteiger partial charge is 0.238 e. The topological polar surface area (TPSA) is 59.6 Å².